The van der Waals surface area contributed by atoms with Crippen molar-refractivity contribution in [1.82, 2.24) is 5.32 Å². The average Bonchev–Trinajstić information content (AvgIpc) is 3.14. The zero-order valence-corrected chi connectivity index (χ0v) is 20.4. The fraction of sp³-hybridized carbons (Fsp3) is 0.550. The van der Waals surface area contributed by atoms with Gasteiger partial charge in [-0.1, -0.05) is 44.7 Å². The molecule has 1 aromatic rings. The summed E-state index contributed by atoms with van der Waals surface area (Å²) in [7, 11) is -1.81. The van der Waals surface area contributed by atoms with Gasteiger partial charge in [0.25, 0.3) is 5.91 Å². The van der Waals surface area contributed by atoms with Gasteiger partial charge >= 0.3 is 0 Å². The Balaban J connectivity index is 0.00000166. The minimum Gasteiger partial charge on any atom is -0.394 e. The molecule has 1 fully saturated rings. The summed E-state index contributed by atoms with van der Waals surface area (Å²) in [4.78, 5) is 21.4. The highest BCUT2D eigenvalue weighted by molar-refractivity contribution is 7.93. The SMILES string of the molecule is CC.CN/C=C\C(N)=NC(=O)c1cc(Cl)c([C@@H]2CS(=O)(=O)C3(CCCCC3)C(N)=N2)s1. The van der Waals surface area contributed by atoms with E-state index in [2.05, 4.69) is 15.3 Å². The number of amides is 1. The van der Waals surface area contributed by atoms with Crippen molar-refractivity contribution in [3.8, 4) is 0 Å². The Morgan fingerprint density at radius 2 is 2.00 bits per heavy atom. The van der Waals surface area contributed by atoms with E-state index < -0.39 is 26.5 Å². The number of thiophene rings is 1. The van der Waals surface area contributed by atoms with Crippen LogP contribution in [-0.4, -0.2) is 43.5 Å². The molecule has 0 bridgehead atoms. The molecular formula is C20H30ClN5O3S2. The molecule has 31 heavy (non-hydrogen) atoms. The number of sulfone groups is 1. The van der Waals surface area contributed by atoms with Crippen LogP contribution in [0.2, 0.25) is 5.02 Å². The summed E-state index contributed by atoms with van der Waals surface area (Å²) in [5.74, 6) is -0.527. The van der Waals surface area contributed by atoms with E-state index in [1.165, 1.54) is 12.1 Å². The Morgan fingerprint density at radius 1 is 1.35 bits per heavy atom. The van der Waals surface area contributed by atoms with Crippen LogP contribution in [0.5, 0.6) is 0 Å². The Kier molecular flexibility index (Phi) is 8.67. The topological polar surface area (TPSA) is 140 Å². The van der Waals surface area contributed by atoms with Gasteiger partial charge in [-0.25, -0.2) is 8.42 Å². The molecule has 0 unspecified atom stereocenters. The maximum absolute atomic E-state index is 13.1. The van der Waals surface area contributed by atoms with E-state index in [9.17, 15) is 13.2 Å². The van der Waals surface area contributed by atoms with Crippen molar-refractivity contribution in [3.63, 3.8) is 0 Å². The standard InChI is InChI=1S/C18H24ClN5O3S2.C2H6/c1-22-8-5-14(20)24-16(25)13-9-11(19)15(28-13)12-10-29(26,27)18(17(21)23-12)6-3-2-4-7-18;1-2/h5,8-9,12,22H,2-4,6-7,10H2,1H3,(H2,21,23)(H2,20,24,25);1-2H3/b8-5-;/t12-;/m0./s1. The molecule has 0 radical (unpaired) electrons. The van der Waals surface area contributed by atoms with Crippen LogP contribution in [0.15, 0.2) is 28.3 Å². The lowest BCUT2D eigenvalue weighted by molar-refractivity contribution is 0.101. The van der Waals surface area contributed by atoms with Crippen LogP contribution in [0, 0.1) is 0 Å². The third kappa shape index (κ3) is 5.30. The van der Waals surface area contributed by atoms with Gasteiger partial charge in [0, 0.05) is 11.9 Å². The molecule has 1 atom stereocenters. The Labute approximate surface area is 192 Å². The quantitative estimate of drug-likeness (QED) is 0.440. The molecule has 1 aliphatic heterocycles. The number of nitrogens with two attached hydrogens (primary N) is 2. The van der Waals surface area contributed by atoms with Crippen molar-refractivity contribution < 1.29 is 13.2 Å². The van der Waals surface area contributed by atoms with Crippen molar-refractivity contribution in [3.05, 3.63) is 33.1 Å². The molecule has 0 aromatic carbocycles. The highest BCUT2D eigenvalue weighted by Gasteiger charge is 2.51. The van der Waals surface area contributed by atoms with Gasteiger partial charge in [-0.2, -0.15) is 4.99 Å². The number of carbonyl (C=O) groups is 1. The summed E-state index contributed by atoms with van der Waals surface area (Å²) in [6.07, 6.45) is 6.66. The molecule has 2 aliphatic rings. The van der Waals surface area contributed by atoms with Gasteiger partial charge in [0.05, 0.1) is 15.7 Å². The molecule has 1 spiro atoms. The molecule has 1 aliphatic carbocycles. The van der Waals surface area contributed by atoms with Crippen molar-refractivity contribution in [2.75, 3.05) is 12.8 Å². The van der Waals surface area contributed by atoms with Crippen LogP contribution in [0.25, 0.3) is 0 Å². The molecule has 8 nitrogen and oxygen atoms in total. The number of hydrogen-bond donors (Lipinski definition) is 3. The summed E-state index contributed by atoms with van der Waals surface area (Å²) >= 11 is 7.38. The Bertz CT molecular complexity index is 992. The summed E-state index contributed by atoms with van der Waals surface area (Å²) in [5, 5.41) is 3.02. The van der Waals surface area contributed by atoms with E-state index in [0.29, 0.717) is 17.7 Å². The van der Waals surface area contributed by atoms with Crippen LogP contribution < -0.4 is 16.8 Å². The number of amidine groups is 2. The third-order valence-electron chi connectivity index (χ3n) is 5.27. The molecule has 172 valence electrons. The zero-order valence-electron chi connectivity index (χ0n) is 18.0. The first-order valence-electron chi connectivity index (χ1n) is 10.3. The predicted molar refractivity (Wildman–Crippen MR) is 129 cm³/mol. The van der Waals surface area contributed by atoms with E-state index in [0.717, 1.165) is 30.6 Å². The predicted octanol–water partition coefficient (Wildman–Crippen LogP) is 3.19. The molecule has 0 saturated heterocycles. The molecule has 3 rings (SSSR count). The van der Waals surface area contributed by atoms with Crippen LogP contribution in [0.1, 0.15) is 66.5 Å². The van der Waals surface area contributed by atoms with Gasteiger partial charge in [0.2, 0.25) is 0 Å². The van der Waals surface area contributed by atoms with E-state index in [-0.39, 0.29) is 27.3 Å². The smallest absolute Gasteiger partial charge is 0.289 e. The molecular weight excluding hydrogens is 458 g/mol. The number of carbonyl (C=O) groups excluding carboxylic acids is 1. The number of nitrogens with one attached hydrogen (secondary N) is 1. The first-order chi connectivity index (χ1) is 14.7. The second-order valence-electron chi connectivity index (χ2n) is 7.15. The van der Waals surface area contributed by atoms with Crippen molar-refractivity contribution in [2.45, 2.75) is 56.7 Å². The molecule has 11 heteroatoms. The highest BCUT2D eigenvalue weighted by atomic mass is 35.5. The fourth-order valence-electron chi connectivity index (χ4n) is 3.77. The van der Waals surface area contributed by atoms with Crippen molar-refractivity contribution in [2.24, 2.45) is 21.5 Å². The third-order valence-corrected chi connectivity index (χ3v) is 9.49. The van der Waals surface area contributed by atoms with Gasteiger partial charge in [0.15, 0.2) is 9.84 Å². The van der Waals surface area contributed by atoms with Gasteiger partial charge in [-0.15, -0.1) is 11.3 Å². The highest BCUT2D eigenvalue weighted by Crippen LogP contribution is 2.44. The number of hydrogen-bond acceptors (Lipinski definition) is 7. The fourth-order valence-corrected chi connectivity index (χ4v) is 7.52. The molecule has 2 heterocycles. The molecule has 1 saturated carbocycles. The number of aliphatic imine (C=N–C) groups is 2. The number of rotatable bonds is 4. The first-order valence-corrected chi connectivity index (χ1v) is 13.1. The number of halogens is 1. The van der Waals surface area contributed by atoms with Gasteiger partial charge in [-0.3, -0.25) is 9.79 Å². The number of nitrogens with zero attached hydrogens (tertiary/aromatic N) is 2. The van der Waals surface area contributed by atoms with E-state index in [1.54, 1.807) is 13.2 Å². The zero-order chi connectivity index (χ0) is 23.2. The Hall–Kier alpha value is -1.91. The van der Waals surface area contributed by atoms with Crippen LogP contribution in [0.3, 0.4) is 0 Å². The minimum absolute atomic E-state index is 0.0390. The van der Waals surface area contributed by atoms with Crippen molar-refractivity contribution >= 4 is 50.4 Å². The molecule has 1 amide bonds. The summed E-state index contributed by atoms with van der Waals surface area (Å²) < 4.78 is 25.2. The van der Waals surface area contributed by atoms with Gasteiger partial charge in [-0.05, 0) is 31.2 Å². The van der Waals surface area contributed by atoms with Crippen LogP contribution in [0.4, 0.5) is 0 Å². The van der Waals surface area contributed by atoms with E-state index in [1.807, 2.05) is 13.8 Å². The lowest BCUT2D eigenvalue weighted by Crippen LogP contribution is -2.55. The summed E-state index contributed by atoms with van der Waals surface area (Å²) in [6.45, 7) is 4.00. The lowest BCUT2D eigenvalue weighted by atomic mass is 9.87. The maximum atomic E-state index is 13.1. The molecule has 5 N–H and O–H groups in total. The second-order valence-corrected chi connectivity index (χ2v) is 11.0. The monoisotopic (exact) mass is 487 g/mol. The van der Waals surface area contributed by atoms with Gasteiger partial charge < -0.3 is 16.8 Å². The first kappa shape index (κ1) is 25.4. The van der Waals surface area contributed by atoms with E-state index >= 15 is 0 Å². The molecule has 1 aromatic heterocycles. The summed E-state index contributed by atoms with van der Waals surface area (Å²) in [6, 6.07) is 0.739. The average molecular weight is 488 g/mol. The minimum atomic E-state index is -3.51. The van der Waals surface area contributed by atoms with Crippen molar-refractivity contribution in [1.29, 1.82) is 0 Å². The second kappa shape index (κ2) is 10.6. The lowest BCUT2D eigenvalue weighted by Gasteiger charge is -2.40. The van der Waals surface area contributed by atoms with Crippen LogP contribution >= 0.6 is 22.9 Å². The maximum Gasteiger partial charge on any atom is 0.289 e. The van der Waals surface area contributed by atoms with E-state index in [4.69, 9.17) is 23.1 Å². The normalized spacial score (nSPS) is 22.5. The largest absolute Gasteiger partial charge is 0.394 e. The Morgan fingerprint density at radius 3 is 2.58 bits per heavy atom. The van der Waals surface area contributed by atoms with Gasteiger partial charge in [0.1, 0.15) is 22.5 Å². The summed E-state index contributed by atoms with van der Waals surface area (Å²) in [5.41, 5.74) is 11.9. The van der Waals surface area contributed by atoms with Crippen LogP contribution in [-0.2, 0) is 9.84 Å².